The van der Waals surface area contributed by atoms with Crippen molar-refractivity contribution in [2.75, 3.05) is 6.54 Å². The van der Waals surface area contributed by atoms with Crippen molar-refractivity contribution in [2.45, 2.75) is 39.3 Å². The number of carbonyl (C=O) groups is 3. The van der Waals surface area contributed by atoms with Crippen LogP contribution in [-0.4, -0.2) is 41.6 Å². The van der Waals surface area contributed by atoms with Crippen molar-refractivity contribution in [3.8, 4) is 0 Å². The second-order valence-electron chi connectivity index (χ2n) is 3.69. The Morgan fingerprint density at radius 3 is 2.12 bits per heavy atom. The first-order valence-corrected chi connectivity index (χ1v) is 5.46. The number of carboxylic acid groups (broad SMARTS) is 1. The van der Waals surface area contributed by atoms with Crippen LogP contribution in [-0.2, 0) is 9.59 Å². The van der Waals surface area contributed by atoms with Crippen LogP contribution in [0.2, 0.25) is 0 Å². The summed E-state index contributed by atoms with van der Waals surface area (Å²) in [7, 11) is 0. The van der Waals surface area contributed by atoms with Gasteiger partial charge in [-0.15, -0.1) is 0 Å². The number of nitrogens with one attached hydrogen (secondary N) is 3. The van der Waals surface area contributed by atoms with Gasteiger partial charge in [-0.2, -0.15) is 0 Å². The van der Waals surface area contributed by atoms with Gasteiger partial charge in [0.2, 0.25) is 5.91 Å². The van der Waals surface area contributed by atoms with Gasteiger partial charge in [0.15, 0.2) is 0 Å². The molecule has 0 aromatic rings. The predicted molar refractivity (Wildman–Crippen MR) is 61.5 cm³/mol. The minimum atomic E-state index is -1.14. The summed E-state index contributed by atoms with van der Waals surface area (Å²) in [5, 5.41) is 15.7. The maximum Gasteiger partial charge on any atom is 0.325 e. The van der Waals surface area contributed by atoms with Crippen LogP contribution in [0.5, 0.6) is 0 Å². The van der Waals surface area contributed by atoms with Crippen LogP contribution >= 0.6 is 0 Å². The lowest BCUT2D eigenvalue weighted by Gasteiger charge is -2.15. The minimum Gasteiger partial charge on any atom is -0.480 e. The topological polar surface area (TPSA) is 108 Å². The van der Waals surface area contributed by atoms with Crippen LogP contribution in [0, 0.1) is 0 Å². The molecule has 0 aliphatic rings. The molecule has 17 heavy (non-hydrogen) atoms. The first-order chi connectivity index (χ1) is 7.88. The third-order valence-electron chi connectivity index (χ3n) is 2.01. The van der Waals surface area contributed by atoms with Gasteiger partial charge in [-0.25, -0.2) is 4.79 Å². The third-order valence-corrected chi connectivity index (χ3v) is 2.01. The Hall–Kier alpha value is -1.79. The van der Waals surface area contributed by atoms with Gasteiger partial charge in [0.05, 0.1) is 0 Å². The first kappa shape index (κ1) is 15.2. The zero-order valence-corrected chi connectivity index (χ0v) is 10.2. The Balaban J connectivity index is 4.03. The fourth-order valence-electron chi connectivity index (χ4n) is 0.964. The molecule has 0 aliphatic carbocycles. The average Bonchev–Trinajstić information content (AvgIpc) is 2.25. The molecule has 0 saturated heterocycles. The Bertz CT molecular complexity index is 293. The van der Waals surface area contributed by atoms with Gasteiger partial charge in [0, 0.05) is 6.54 Å². The van der Waals surface area contributed by atoms with Crippen molar-refractivity contribution in [3.63, 3.8) is 0 Å². The molecule has 0 radical (unpaired) electrons. The first-order valence-electron chi connectivity index (χ1n) is 5.46. The summed E-state index contributed by atoms with van der Waals surface area (Å²) in [5.74, 6) is -1.44. The molecule has 0 spiro atoms. The summed E-state index contributed by atoms with van der Waals surface area (Å²) in [6.07, 6.45) is 0.806. The van der Waals surface area contributed by atoms with Crippen LogP contribution in [0.15, 0.2) is 0 Å². The quantitative estimate of drug-likeness (QED) is 0.514. The van der Waals surface area contributed by atoms with E-state index < -0.39 is 24.1 Å². The Kier molecular flexibility index (Phi) is 6.69. The van der Waals surface area contributed by atoms with Gasteiger partial charge < -0.3 is 21.1 Å². The van der Waals surface area contributed by atoms with E-state index in [0.29, 0.717) is 6.54 Å². The molecule has 0 aromatic heterocycles. The van der Waals surface area contributed by atoms with Crippen molar-refractivity contribution in [1.29, 1.82) is 0 Å². The lowest BCUT2D eigenvalue weighted by Crippen LogP contribution is -2.51. The molecular formula is C10H19N3O4. The van der Waals surface area contributed by atoms with Gasteiger partial charge >= 0.3 is 12.0 Å². The Labute approximate surface area is 100.0 Å². The summed E-state index contributed by atoms with van der Waals surface area (Å²) in [6.45, 7) is 5.32. The summed E-state index contributed by atoms with van der Waals surface area (Å²) < 4.78 is 0. The molecule has 7 nitrogen and oxygen atoms in total. The van der Waals surface area contributed by atoms with Gasteiger partial charge in [-0.3, -0.25) is 9.59 Å². The second-order valence-corrected chi connectivity index (χ2v) is 3.69. The number of amides is 3. The van der Waals surface area contributed by atoms with Gasteiger partial charge in [0.1, 0.15) is 12.1 Å². The van der Waals surface area contributed by atoms with Crippen LogP contribution in [0.1, 0.15) is 27.2 Å². The van der Waals surface area contributed by atoms with Gasteiger partial charge in [-0.05, 0) is 20.3 Å². The van der Waals surface area contributed by atoms with E-state index in [1.165, 1.54) is 13.8 Å². The molecule has 0 aliphatic heterocycles. The Morgan fingerprint density at radius 2 is 1.65 bits per heavy atom. The number of carbonyl (C=O) groups excluding carboxylic acids is 2. The van der Waals surface area contributed by atoms with Gasteiger partial charge in [-0.1, -0.05) is 6.92 Å². The zero-order chi connectivity index (χ0) is 13.4. The predicted octanol–water partition coefficient (Wildman–Crippen LogP) is -0.327. The standard InChI is InChI=1S/C10H19N3O4/c1-4-5-11-8(14)6(2)12-10(17)13-7(3)9(15)16/h6-7H,4-5H2,1-3H3,(H,11,14)(H,15,16)(H2,12,13,17)/t6?,7-/m0/s1. The third kappa shape index (κ3) is 6.39. The van der Waals surface area contributed by atoms with Crippen molar-refractivity contribution in [1.82, 2.24) is 16.0 Å². The fraction of sp³-hybridized carbons (Fsp3) is 0.700. The summed E-state index contributed by atoms with van der Waals surface area (Å²) >= 11 is 0. The largest absolute Gasteiger partial charge is 0.480 e. The molecule has 3 amide bonds. The number of urea groups is 1. The monoisotopic (exact) mass is 245 g/mol. The van der Waals surface area contributed by atoms with Crippen molar-refractivity contribution in [3.05, 3.63) is 0 Å². The zero-order valence-electron chi connectivity index (χ0n) is 10.2. The van der Waals surface area contributed by atoms with E-state index in [1.807, 2.05) is 6.92 Å². The molecule has 0 heterocycles. The summed E-state index contributed by atoms with van der Waals surface area (Å²) in [6, 6.07) is -2.39. The maximum absolute atomic E-state index is 11.4. The molecule has 2 atom stereocenters. The second kappa shape index (κ2) is 7.48. The number of rotatable bonds is 6. The van der Waals surface area contributed by atoms with Crippen LogP contribution in [0.4, 0.5) is 4.79 Å². The highest BCUT2D eigenvalue weighted by Crippen LogP contribution is 1.85. The molecule has 0 aromatic carbocycles. The van der Waals surface area contributed by atoms with E-state index in [9.17, 15) is 14.4 Å². The van der Waals surface area contributed by atoms with E-state index in [0.717, 1.165) is 6.42 Å². The maximum atomic E-state index is 11.4. The van der Waals surface area contributed by atoms with E-state index in [-0.39, 0.29) is 5.91 Å². The van der Waals surface area contributed by atoms with Crippen molar-refractivity contribution in [2.24, 2.45) is 0 Å². The molecule has 98 valence electrons. The normalized spacial score (nSPS) is 13.4. The lowest BCUT2D eigenvalue weighted by atomic mass is 10.3. The molecule has 0 rings (SSSR count). The van der Waals surface area contributed by atoms with Crippen LogP contribution < -0.4 is 16.0 Å². The van der Waals surface area contributed by atoms with Crippen molar-refractivity contribution < 1.29 is 19.5 Å². The Morgan fingerprint density at radius 1 is 1.12 bits per heavy atom. The molecule has 4 N–H and O–H groups in total. The summed E-state index contributed by atoms with van der Waals surface area (Å²) in [4.78, 5) is 33.1. The smallest absolute Gasteiger partial charge is 0.325 e. The highest BCUT2D eigenvalue weighted by atomic mass is 16.4. The van der Waals surface area contributed by atoms with Crippen LogP contribution in [0.25, 0.3) is 0 Å². The highest BCUT2D eigenvalue weighted by Gasteiger charge is 2.18. The number of carboxylic acids is 1. The molecule has 0 bridgehead atoms. The minimum absolute atomic E-state index is 0.301. The van der Waals surface area contributed by atoms with E-state index in [2.05, 4.69) is 16.0 Å². The van der Waals surface area contributed by atoms with E-state index in [1.54, 1.807) is 0 Å². The molecule has 0 saturated carbocycles. The van der Waals surface area contributed by atoms with Gasteiger partial charge in [0.25, 0.3) is 0 Å². The summed E-state index contributed by atoms with van der Waals surface area (Å²) in [5.41, 5.74) is 0. The van der Waals surface area contributed by atoms with E-state index >= 15 is 0 Å². The highest BCUT2D eigenvalue weighted by molar-refractivity contribution is 5.88. The number of aliphatic carboxylic acids is 1. The number of hydrogen-bond donors (Lipinski definition) is 4. The molecule has 0 fully saturated rings. The average molecular weight is 245 g/mol. The van der Waals surface area contributed by atoms with Crippen LogP contribution in [0.3, 0.4) is 0 Å². The molecule has 7 heteroatoms. The number of hydrogen-bond acceptors (Lipinski definition) is 3. The van der Waals surface area contributed by atoms with Crippen molar-refractivity contribution >= 4 is 17.9 Å². The lowest BCUT2D eigenvalue weighted by molar-refractivity contribution is -0.138. The molecular weight excluding hydrogens is 226 g/mol. The van der Waals surface area contributed by atoms with E-state index in [4.69, 9.17) is 5.11 Å². The fourth-order valence-corrected chi connectivity index (χ4v) is 0.964. The molecule has 1 unspecified atom stereocenters. The SMILES string of the molecule is CCCNC(=O)C(C)NC(=O)N[C@@H](C)C(=O)O.